The highest BCUT2D eigenvalue weighted by atomic mass is 32.2. The number of nitrogens with zero attached hydrogens (tertiary/aromatic N) is 4. The Bertz CT molecular complexity index is 1230. The van der Waals surface area contributed by atoms with Crippen molar-refractivity contribution in [1.82, 2.24) is 19.3 Å². The molecule has 1 amide bonds. The first kappa shape index (κ1) is 25.0. The highest BCUT2D eigenvalue weighted by Crippen LogP contribution is 2.34. The molecule has 6 rings (SSSR count). The third kappa shape index (κ3) is 5.68. The number of aromatic nitrogens is 2. The molecule has 0 saturated heterocycles. The van der Waals surface area contributed by atoms with Gasteiger partial charge >= 0.3 is 0 Å². The average molecular weight is 505 g/mol. The number of fused-ring (bicyclic) bond motifs is 2. The molecule has 0 spiro atoms. The van der Waals surface area contributed by atoms with Gasteiger partial charge in [0.1, 0.15) is 0 Å². The monoisotopic (exact) mass is 504 g/mol. The minimum Gasteiger partial charge on any atom is -0.338 e. The molecule has 3 heterocycles. The van der Waals surface area contributed by atoms with E-state index in [1.165, 1.54) is 22.3 Å². The second-order valence-electron chi connectivity index (χ2n) is 10.7. The first-order valence-electron chi connectivity index (χ1n) is 13.1. The third-order valence-electron chi connectivity index (χ3n) is 6.83. The third-order valence-corrected chi connectivity index (χ3v) is 7.66. The van der Waals surface area contributed by atoms with Crippen LogP contribution in [0.25, 0.3) is 22.8 Å². The standard InChI is InChI=1S/C25H26N4O2S.C4H10/c1-32-29-11-9-18-12-19(4-6-22(18)15-29)23-26-24(31-27-23)20-5-7-21-14-28(10-8-17(21)13-20)25(30)16-2-3-16;1-4(2)3/h4-7,12-13,16H,2-3,8-11,14-15H2,1H3;4H,1-3H3. The normalized spacial score (nSPS) is 17.3. The molecule has 36 heavy (non-hydrogen) atoms. The molecule has 1 aliphatic carbocycles. The molecule has 2 aliphatic heterocycles. The summed E-state index contributed by atoms with van der Waals surface area (Å²) in [6, 6.07) is 12.8. The lowest BCUT2D eigenvalue weighted by molar-refractivity contribution is -0.133. The lowest BCUT2D eigenvalue weighted by Crippen LogP contribution is -2.36. The van der Waals surface area contributed by atoms with E-state index in [0.29, 0.717) is 24.2 Å². The first-order chi connectivity index (χ1) is 17.4. The Morgan fingerprint density at radius 2 is 1.58 bits per heavy atom. The van der Waals surface area contributed by atoms with Crippen LogP contribution in [0.4, 0.5) is 0 Å². The molecular weight excluding hydrogens is 468 g/mol. The zero-order chi connectivity index (χ0) is 25.2. The maximum Gasteiger partial charge on any atom is 0.258 e. The van der Waals surface area contributed by atoms with Crippen molar-refractivity contribution in [3.63, 3.8) is 0 Å². The van der Waals surface area contributed by atoms with Crippen LogP contribution in [0.1, 0.15) is 55.9 Å². The number of benzene rings is 2. The molecule has 1 aromatic heterocycles. The highest BCUT2D eigenvalue weighted by molar-refractivity contribution is 7.96. The van der Waals surface area contributed by atoms with Crippen molar-refractivity contribution in [1.29, 1.82) is 0 Å². The summed E-state index contributed by atoms with van der Waals surface area (Å²) in [4.78, 5) is 19.1. The van der Waals surface area contributed by atoms with Gasteiger partial charge in [-0.05, 0) is 78.3 Å². The predicted molar refractivity (Wildman–Crippen MR) is 145 cm³/mol. The van der Waals surface area contributed by atoms with Crippen LogP contribution in [0.15, 0.2) is 40.9 Å². The van der Waals surface area contributed by atoms with Gasteiger partial charge in [-0.3, -0.25) is 4.79 Å². The van der Waals surface area contributed by atoms with Gasteiger partial charge in [-0.2, -0.15) is 4.98 Å². The van der Waals surface area contributed by atoms with Crippen LogP contribution in [0, 0.1) is 11.8 Å². The fourth-order valence-corrected chi connectivity index (χ4v) is 5.28. The maximum absolute atomic E-state index is 12.4. The van der Waals surface area contributed by atoms with E-state index in [1.807, 2.05) is 11.0 Å². The fourth-order valence-electron chi connectivity index (χ4n) is 4.74. The molecule has 0 bridgehead atoms. The van der Waals surface area contributed by atoms with Gasteiger partial charge < -0.3 is 9.42 Å². The fraction of sp³-hybridized carbons (Fsp3) is 0.483. The molecule has 0 N–H and O–H groups in total. The Morgan fingerprint density at radius 1 is 0.944 bits per heavy atom. The van der Waals surface area contributed by atoms with E-state index in [2.05, 4.69) is 66.8 Å². The van der Waals surface area contributed by atoms with E-state index in [0.717, 1.165) is 62.4 Å². The number of amides is 1. The highest BCUT2D eigenvalue weighted by Gasteiger charge is 2.34. The van der Waals surface area contributed by atoms with E-state index in [-0.39, 0.29) is 5.92 Å². The smallest absolute Gasteiger partial charge is 0.258 e. The summed E-state index contributed by atoms with van der Waals surface area (Å²) in [5.74, 6) is 2.62. The summed E-state index contributed by atoms with van der Waals surface area (Å²) in [6.45, 7) is 10.0. The van der Waals surface area contributed by atoms with Gasteiger partial charge in [-0.1, -0.05) is 56.1 Å². The molecule has 190 valence electrons. The lowest BCUT2D eigenvalue weighted by atomic mass is 9.97. The molecule has 2 aromatic carbocycles. The van der Waals surface area contributed by atoms with Gasteiger partial charge in [0.05, 0.1) is 0 Å². The van der Waals surface area contributed by atoms with Crippen molar-refractivity contribution in [3.8, 4) is 22.8 Å². The quantitative estimate of drug-likeness (QED) is 0.406. The molecule has 0 radical (unpaired) electrons. The van der Waals surface area contributed by atoms with Crippen LogP contribution in [0.3, 0.4) is 0 Å². The van der Waals surface area contributed by atoms with Gasteiger partial charge in [0.25, 0.3) is 5.89 Å². The average Bonchev–Trinajstić information content (AvgIpc) is 3.62. The van der Waals surface area contributed by atoms with Crippen LogP contribution in [0.5, 0.6) is 0 Å². The van der Waals surface area contributed by atoms with Crippen LogP contribution < -0.4 is 0 Å². The van der Waals surface area contributed by atoms with Crippen molar-refractivity contribution in [3.05, 3.63) is 58.7 Å². The molecular formula is C29H36N4O2S. The number of hydrogen-bond acceptors (Lipinski definition) is 6. The number of hydrogen-bond donors (Lipinski definition) is 0. The largest absolute Gasteiger partial charge is 0.338 e. The minimum atomic E-state index is 0.278. The van der Waals surface area contributed by atoms with E-state index in [1.54, 1.807) is 11.9 Å². The first-order valence-corrected chi connectivity index (χ1v) is 14.3. The minimum absolute atomic E-state index is 0.278. The molecule has 6 nitrogen and oxygen atoms in total. The number of carbonyl (C=O) groups is 1. The maximum atomic E-state index is 12.4. The Morgan fingerprint density at radius 3 is 2.28 bits per heavy atom. The Balaban J connectivity index is 0.000000623. The zero-order valence-corrected chi connectivity index (χ0v) is 22.6. The summed E-state index contributed by atoms with van der Waals surface area (Å²) in [7, 11) is 0. The van der Waals surface area contributed by atoms with E-state index in [9.17, 15) is 4.79 Å². The van der Waals surface area contributed by atoms with Crippen molar-refractivity contribution >= 4 is 17.9 Å². The molecule has 1 fully saturated rings. The molecule has 3 aliphatic rings. The number of carbonyl (C=O) groups excluding carboxylic acids is 1. The predicted octanol–water partition coefficient (Wildman–Crippen LogP) is 6.00. The van der Waals surface area contributed by atoms with Crippen molar-refractivity contribution in [2.45, 2.75) is 59.5 Å². The summed E-state index contributed by atoms with van der Waals surface area (Å²) >= 11 is 1.80. The summed E-state index contributed by atoms with van der Waals surface area (Å²) in [6.07, 6.45) is 6.16. The Labute approximate surface area is 218 Å². The van der Waals surface area contributed by atoms with Gasteiger partial charge in [-0.25, -0.2) is 4.31 Å². The van der Waals surface area contributed by atoms with Crippen molar-refractivity contribution in [2.24, 2.45) is 11.8 Å². The zero-order valence-electron chi connectivity index (χ0n) is 21.8. The Hall–Kier alpha value is -2.64. The van der Waals surface area contributed by atoms with E-state index in [4.69, 9.17) is 9.51 Å². The molecule has 3 aromatic rings. The molecule has 0 atom stereocenters. The SMILES string of the molecule is CC(C)C.CSN1CCc2cc(-c3noc(-c4ccc5c(c4)CCN(C(=O)C4CC4)C5)n3)ccc2C1. The van der Waals surface area contributed by atoms with Crippen molar-refractivity contribution < 1.29 is 9.32 Å². The van der Waals surface area contributed by atoms with E-state index < -0.39 is 0 Å². The van der Waals surface area contributed by atoms with Crippen LogP contribution in [-0.4, -0.2) is 44.6 Å². The Kier molecular flexibility index (Phi) is 7.49. The molecule has 1 saturated carbocycles. The van der Waals surface area contributed by atoms with Gasteiger partial charge in [0.2, 0.25) is 11.7 Å². The van der Waals surface area contributed by atoms with Crippen LogP contribution in [0.2, 0.25) is 0 Å². The molecule has 7 heteroatoms. The van der Waals surface area contributed by atoms with Gasteiger partial charge in [0, 0.05) is 43.2 Å². The van der Waals surface area contributed by atoms with Crippen molar-refractivity contribution in [2.75, 3.05) is 19.3 Å². The molecule has 0 unspecified atom stereocenters. The second kappa shape index (κ2) is 10.8. The van der Waals surface area contributed by atoms with E-state index >= 15 is 0 Å². The second-order valence-corrected chi connectivity index (χ2v) is 11.6. The number of rotatable bonds is 4. The van der Waals surface area contributed by atoms with Gasteiger partial charge in [-0.15, -0.1) is 0 Å². The van der Waals surface area contributed by atoms with Gasteiger partial charge in [0.15, 0.2) is 0 Å². The van der Waals surface area contributed by atoms with Crippen LogP contribution in [-0.2, 0) is 30.7 Å². The van der Waals surface area contributed by atoms with Crippen LogP contribution >= 0.6 is 11.9 Å². The summed E-state index contributed by atoms with van der Waals surface area (Å²) in [5.41, 5.74) is 7.19. The summed E-state index contributed by atoms with van der Waals surface area (Å²) in [5, 5.41) is 4.26. The lowest BCUT2D eigenvalue weighted by Gasteiger charge is -2.29. The summed E-state index contributed by atoms with van der Waals surface area (Å²) < 4.78 is 8.02. The topological polar surface area (TPSA) is 62.5 Å².